The number of piperazine rings is 1. The predicted octanol–water partition coefficient (Wildman–Crippen LogP) is 0.705. The van der Waals surface area contributed by atoms with Crippen LogP contribution in [-0.4, -0.2) is 51.3 Å². The molecule has 1 saturated heterocycles. The molecule has 2 N–H and O–H groups in total. The molecular formula is C18H30N3O2+. The minimum absolute atomic E-state index is 0.110. The summed E-state index contributed by atoms with van der Waals surface area (Å²) >= 11 is 0. The monoisotopic (exact) mass is 320 g/mol. The quantitative estimate of drug-likeness (QED) is 0.811. The van der Waals surface area contributed by atoms with Crippen LogP contribution < -0.4 is 19.9 Å². The summed E-state index contributed by atoms with van der Waals surface area (Å²) < 4.78 is 5.20. The smallest absolute Gasteiger partial charge is 0.275 e. The first-order valence-corrected chi connectivity index (χ1v) is 8.47. The molecule has 1 heterocycles. The van der Waals surface area contributed by atoms with Crippen molar-refractivity contribution in [1.29, 1.82) is 0 Å². The fourth-order valence-corrected chi connectivity index (χ4v) is 2.79. The number of methoxy groups -OCH3 is 1. The summed E-state index contributed by atoms with van der Waals surface area (Å²) in [5.41, 5.74) is 1.11. The molecule has 1 aromatic rings. The molecule has 23 heavy (non-hydrogen) atoms. The Balaban J connectivity index is 1.80. The summed E-state index contributed by atoms with van der Waals surface area (Å²) in [4.78, 5) is 15.9. The molecule has 0 aliphatic carbocycles. The van der Waals surface area contributed by atoms with Gasteiger partial charge in [-0.05, 0) is 44.5 Å². The Morgan fingerprint density at radius 2 is 1.87 bits per heavy atom. The van der Waals surface area contributed by atoms with Crippen molar-refractivity contribution in [3.8, 4) is 5.75 Å². The van der Waals surface area contributed by atoms with E-state index in [1.165, 1.54) is 10.6 Å². The van der Waals surface area contributed by atoms with Crippen molar-refractivity contribution in [3.63, 3.8) is 0 Å². The number of quaternary nitrogens is 1. The predicted molar refractivity (Wildman–Crippen MR) is 93.3 cm³/mol. The number of anilines is 1. The van der Waals surface area contributed by atoms with Crippen LogP contribution in [0.5, 0.6) is 5.75 Å². The number of benzene rings is 1. The number of hydrogen-bond donors (Lipinski definition) is 2. The van der Waals surface area contributed by atoms with Crippen LogP contribution in [0.2, 0.25) is 0 Å². The van der Waals surface area contributed by atoms with Crippen molar-refractivity contribution in [2.45, 2.75) is 32.7 Å². The van der Waals surface area contributed by atoms with E-state index in [-0.39, 0.29) is 11.4 Å². The van der Waals surface area contributed by atoms with Crippen molar-refractivity contribution >= 4 is 11.6 Å². The van der Waals surface area contributed by atoms with E-state index in [4.69, 9.17) is 4.74 Å². The summed E-state index contributed by atoms with van der Waals surface area (Å²) in [5.74, 6) is 1.04. The molecule has 128 valence electrons. The Morgan fingerprint density at radius 3 is 2.39 bits per heavy atom. The summed E-state index contributed by atoms with van der Waals surface area (Å²) in [6, 6.07) is 8.18. The Morgan fingerprint density at radius 1 is 1.26 bits per heavy atom. The first-order valence-electron chi connectivity index (χ1n) is 8.47. The number of nitrogens with one attached hydrogen (secondary N) is 2. The lowest BCUT2D eigenvalue weighted by Crippen LogP contribution is -3.16. The summed E-state index contributed by atoms with van der Waals surface area (Å²) in [6.45, 7) is 10.8. The molecular weight excluding hydrogens is 290 g/mol. The van der Waals surface area contributed by atoms with Crippen molar-refractivity contribution in [1.82, 2.24) is 5.32 Å². The Bertz CT molecular complexity index is 506. The van der Waals surface area contributed by atoms with E-state index in [9.17, 15) is 4.79 Å². The number of rotatable bonds is 6. The van der Waals surface area contributed by atoms with Crippen LogP contribution in [0.1, 0.15) is 27.2 Å². The highest BCUT2D eigenvalue weighted by Crippen LogP contribution is 2.18. The lowest BCUT2D eigenvalue weighted by Gasteiger charge is -2.34. The van der Waals surface area contributed by atoms with E-state index in [1.54, 1.807) is 7.11 Å². The van der Waals surface area contributed by atoms with Gasteiger partial charge < -0.3 is 19.9 Å². The maximum atomic E-state index is 12.1. The largest absolute Gasteiger partial charge is 0.497 e. The average Bonchev–Trinajstić information content (AvgIpc) is 2.55. The maximum Gasteiger partial charge on any atom is 0.275 e. The molecule has 0 aromatic heterocycles. The minimum Gasteiger partial charge on any atom is -0.497 e. The summed E-state index contributed by atoms with van der Waals surface area (Å²) in [5, 5.41) is 3.12. The van der Waals surface area contributed by atoms with Gasteiger partial charge in [0.2, 0.25) is 0 Å². The molecule has 0 radical (unpaired) electrons. The zero-order chi connectivity index (χ0) is 16.9. The number of nitrogens with zero attached hydrogens (tertiary/aromatic N) is 1. The normalized spacial score (nSPS) is 16.3. The van der Waals surface area contributed by atoms with Gasteiger partial charge in [0.1, 0.15) is 5.75 Å². The lowest BCUT2D eigenvalue weighted by atomic mass is 10.0. The molecule has 0 bridgehead atoms. The van der Waals surface area contributed by atoms with Gasteiger partial charge in [-0.25, -0.2) is 0 Å². The fourth-order valence-electron chi connectivity index (χ4n) is 2.79. The Kier molecular flexibility index (Phi) is 5.88. The highest BCUT2D eigenvalue weighted by Gasteiger charge is 2.25. The van der Waals surface area contributed by atoms with Crippen molar-refractivity contribution in [2.24, 2.45) is 0 Å². The zero-order valence-corrected chi connectivity index (χ0v) is 14.8. The SMILES string of the molecule is CCC(C)(C)NC(=O)C[NH+]1CCN(c2ccc(OC)cc2)CC1. The first kappa shape index (κ1) is 17.6. The number of carbonyl (C=O) groups is 1. The molecule has 2 rings (SSSR count). The molecule has 0 unspecified atom stereocenters. The summed E-state index contributed by atoms with van der Waals surface area (Å²) in [7, 11) is 1.68. The highest BCUT2D eigenvalue weighted by atomic mass is 16.5. The number of hydrogen-bond acceptors (Lipinski definition) is 3. The van der Waals surface area contributed by atoms with Crippen LogP contribution in [-0.2, 0) is 4.79 Å². The molecule has 1 aliphatic heterocycles. The van der Waals surface area contributed by atoms with Gasteiger partial charge in [0.15, 0.2) is 6.54 Å². The topological polar surface area (TPSA) is 46.0 Å². The van der Waals surface area contributed by atoms with Gasteiger partial charge in [0.25, 0.3) is 5.91 Å². The molecule has 5 heteroatoms. The van der Waals surface area contributed by atoms with E-state index in [1.807, 2.05) is 12.1 Å². The molecule has 1 fully saturated rings. The van der Waals surface area contributed by atoms with Crippen molar-refractivity contribution < 1.29 is 14.4 Å². The Hall–Kier alpha value is -1.75. The minimum atomic E-state index is -0.110. The van der Waals surface area contributed by atoms with Gasteiger partial charge in [0, 0.05) is 11.2 Å². The average molecular weight is 320 g/mol. The third-order valence-electron chi connectivity index (χ3n) is 4.68. The molecule has 0 spiro atoms. The third kappa shape index (κ3) is 5.13. The van der Waals surface area contributed by atoms with Crippen LogP contribution in [0.15, 0.2) is 24.3 Å². The molecule has 0 saturated carbocycles. The van der Waals surface area contributed by atoms with Gasteiger partial charge in [-0.3, -0.25) is 4.79 Å². The van der Waals surface area contributed by atoms with Crippen molar-refractivity contribution in [3.05, 3.63) is 24.3 Å². The second-order valence-electron chi connectivity index (χ2n) is 6.90. The molecule has 1 aliphatic rings. The van der Waals surface area contributed by atoms with Crippen LogP contribution in [0, 0.1) is 0 Å². The van der Waals surface area contributed by atoms with E-state index >= 15 is 0 Å². The Labute approximate surface area is 139 Å². The highest BCUT2D eigenvalue weighted by molar-refractivity contribution is 5.77. The zero-order valence-electron chi connectivity index (χ0n) is 14.8. The van der Waals surface area contributed by atoms with E-state index in [0.29, 0.717) is 6.54 Å². The molecule has 0 atom stereocenters. The second kappa shape index (κ2) is 7.68. The van der Waals surface area contributed by atoms with Gasteiger partial charge >= 0.3 is 0 Å². The van der Waals surface area contributed by atoms with Crippen molar-refractivity contribution in [2.75, 3.05) is 44.7 Å². The van der Waals surface area contributed by atoms with Gasteiger partial charge in [-0.1, -0.05) is 6.92 Å². The van der Waals surface area contributed by atoms with Crippen LogP contribution in [0.3, 0.4) is 0 Å². The van der Waals surface area contributed by atoms with Gasteiger partial charge in [-0.2, -0.15) is 0 Å². The van der Waals surface area contributed by atoms with E-state index in [2.05, 4.69) is 43.1 Å². The summed E-state index contributed by atoms with van der Waals surface area (Å²) in [6.07, 6.45) is 0.944. The molecule has 1 amide bonds. The fraction of sp³-hybridized carbons (Fsp3) is 0.611. The van der Waals surface area contributed by atoms with E-state index < -0.39 is 0 Å². The number of amides is 1. The second-order valence-corrected chi connectivity index (χ2v) is 6.90. The number of ether oxygens (including phenoxy) is 1. The standard InChI is InChI=1S/C18H29N3O2/c1-5-18(2,3)19-17(22)14-20-10-12-21(13-11-20)15-6-8-16(23-4)9-7-15/h6-9H,5,10-14H2,1-4H3,(H,19,22)/p+1. The molecule has 1 aromatic carbocycles. The third-order valence-corrected chi connectivity index (χ3v) is 4.68. The maximum absolute atomic E-state index is 12.1. The van der Waals surface area contributed by atoms with Crippen LogP contribution in [0.25, 0.3) is 0 Å². The first-order chi connectivity index (χ1) is 10.9. The van der Waals surface area contributed by atoms with E-state index in [0.717, 1.165) is 38.3 Å². The lowest BCUT2D eigenvalue weighted by molar-refractivity contribution is -0.892. The van der Waals surface area contributed by atoms with Crippen LogP contribution in [0.4, 0.5) is 5.69 Å². The van der Waals surface area contributed by atoms with Gasteiger partial charge in [-0.15, -0.1) is 0 Å². The number of carbonyl (C=O) groups excluding carboxylic acids is 1. The van der Waals surface area contributed by atoms with Crippen LogP contribution >= 0.6 is 0 Å². The van der Waals surface area contributed by atoms with Gasteiger partial charge in [0.05, 0.1) is 33.3 Å². The molecule has 5 nitrogen and oxygen atoms in total.